The lowest BCUT2D eigenvalue weighted by atomic mass is 10.1. The van der Waals surface area contributed by atoms with Crippen molar-refractivity contribution in [1.82, 2.24) is 15.5 Å². The molecule has 7 nitrogen and oxygen atoms in total. The molecule has 2 fully saturated rings. The first-order valence-corrected chi connectivity index (χ1v) is 13.4. The summed E-state index contributed by atoms with van der Waals surface area (Å²) in [6, 6.07) is 8.89. The second kappa shape index (κ2) is 13.0. The van der Waals surface area contributed by atoms with Crippen molar-refractivity contribution in [3.63, 3.8) is 0 Å². The lowest BCUT2D eigenvalue weighted by Crippen LogP contribution is -2.47. The number of amides is 2. The van der Waals surface area contributed by atoms with Gasteiger partial charge in [0.25, 0.3) is 5.91 Å². The van der Waals surface area contributed by atoms with Crippen molar-refractivity contribution in [3.05, 3.63) is 58.4 Å². The van der Waals surface area contributed by atoms with Crippen molar-refractivity contribution < 1.29 is 27.2 Å². The third-order valence-electron chi connectivity index (χ3n) is 7.00. The van der Waals surface area contributed by atoms with E-state index in [2.05, 4.69) is 16.0 Å². The Labute approximate surface area is 229 Å². The molecule has 0 saturated carbocycles. The largest absolute Gasteiger partial charge is 0.390 e. The molecule has 0 aromatic heterocycles. The quantitative estimate of drug-likeness (QED) is 0.406. The highest BCUT2D eigenvalue weighted by molar-refractivity contribution is 6.31. The Bertz CT molecular complexity index is 1170. The summed E-state index contributed by atoms with van der Waals surface area (Å²) >= 11 is 6.20. The third-order valence-corrected chi connectivity index (χ3v) is 7.23. The van der Waals surface area contributed by atoms with Crippen LogP contribution in [0.4, 0.5) is 28.9 Å². The predicted octanol–water partition coefficient (Wildman–Crippen LogP) is 4.56. The molecule has 3 N–H and O–H groups in total. The molecule has 1 unspecified atom stereocenters. The Morgan fingerprint density at radius 1 is 1.08 bits per heavy atom. The number of piperazine rings is 1. The molecule has 0 radical (unpaired) electrons. The first-order valence-electron chi connectivity index (χ1n) is 13.0. The average Bonchev–Trinajstić information content (AvgIpc) is 3.10. The van der Waals surface area contributed by atoms with Crippen molar-refractivity contribution in [2.45, 2.75) is 44.4 Å². The van der Waals surface area contributed by atoms with Crippen LogP contribution in [0.25, 0.3) is 0 Å². The number of anilines is 2. The molecule has 2 heterocycles. The summed E-state index contributed by atoms with van der Waals surface area (Å²) in [6.07, 6.45) is -2.50. The molecule has 0 aliphatic carbocycles. The first kappa shape index (κ1) is 29.1. The molecule has 12 heteroatoms. The van der Waals surface area contributed by atoms with Gasteiger partial charge in [0.05, 0.1) is 29.4 Å². The van der Waals surface area contributed by atoms with E-state index in [-0.39, 0.29) is 30.6 Å². The van der Waals surface area contributed by atoms with Crippen molar-refractivity contribution >= 4 is 34.8 Å². The molecule has 2 saturated heterocycles. The first-order chi connectivity index (χ1) is 18.6. The SMILES string of the molecule is O=C(Nc1ccc(Cl)cc1N1CCN(CCC(F)(F)F)CC1)c1ccc(CNC2CCCCNC2=O)cc1F. The minimum Gasteiger partial charge on any atom is -0.367 e. The maximum atomic E-state index is 14.9. The number of nitrogens with one attached hydrogen (secondary N) is 3. The van der Waals surface area contributed by atoms with E-state index < -0.39 is 24.3 Å². The van der Waals surface area contributed by atoms with Crippen LogP contribution in [0.5, 0.6) is 0 Å². The standard InChI is InChI=1S/C27H32ClF4N5O2/c28-19-5-7-22(24(16-19)37-13-11-36(12-14-37)10-8-27(30,31)32)35-25(38)20-6-4-18(15-21(20)29)17-34-23-3-1-2-9-33-26(23)39/h4-7,15-16,23,34H,1-3,8-14,17H2,(H,33,39)(H,35,38). The molecular formula is C27H32ClF4N5O2. The maximum absolute atomic E-state index is 14.9. The van der Waals surface area contributed by atoms with Crippen molar-refractivity contribution in [2.24, 2.45) is 0 Å². The summed E-state index contributed by atoms with van der Waals surface area (Å²) in [4.78, 5) is 28.8. The van der Waals surface area contributed by atoms with E-state index in [1.807, 2.05) is 4.90 Å². The lowest BCUT2D eigenvalue weighted by Gasteiger charge is -2.37. The Balaban J connectivity index is 1.38. The molecular weight excluding hydrogens is 538 g/mol. The third kappa shape index (κ3) is 8.30. The van der Waals surface area contributed by atoms with E-state index in [9.17, 15) is 27.2 Å². The van der Waals surface area contributed by atoms with Crippen LogP contribution in [0.15, 0.2) is 36.4 Å². The van der Waals surface area contributed by atoms with Gasteiger partial charge in [-0.3, -0.25) is 14.5 Å². The van der Waals surface area contributed by atoms with Crippen LogP contribution in [0.1, 0.15) is 41.6 Å². The van der Waals surface area contributed by atoms with Gasteiger partial charge >= 0.3 is 6.18 Å². The molecule has 2 aromatic carbocycles. The van der Waals surface area contributed by atoms with Gasteiger partial charge in [-0.1, -0.05) is 17.7 Å². The summed E-state index contributed by atoms with van der Waals surface area (Å²) in [5.41, 5.74) is 1.52. The predicted molar refractivity (Wildman–Crippen MR) is 143 cm³/mol. The molecule has 4 rings (SSSR count). The number of hydrogen-bond acceptors (Lipinski definition) is 5. The number of rotatable bonds is 8. The fourth-order valence-electron chi connectivity index (χ4n) is 4.79. The molecule has 2 aliphatic rings. The number of halogens is 5. The van der Waals surface area contributed by atoms with Gasteiger partial charge in [-0.05, 0) is 55.2 Å². The van der Waals surface area contributed by atoms with Crippen LogP contribution < -0.4 is 20.9 Å². The van der Waals surface area contributed by atoms with Gasteiger partial charge in [0.15, 0.2) is 0 Å². The second-order valence-corrected chi connectivity index (χ2v) is 10.3. The zero-order valence-electron chi connectivity index (χ0n) is 21.4. The van der Waals surface area contributed by atoms with Gasteiger partial charge in [0.1, 0.15) is 5.82 Å². The van der Waals surface area contributed by atoms with E-state index in [1.165, 1.54) is 12.1 Å². The summed E-state index contributed by atoms with van der Waals surface area (Å²) in [6.45, 7) is 2.66. The second-order valence-electron chi connectivity index (χ2n) is 9.84. The van der Waals surface area contributed by atoms with E-state index in [1.54, 1.807) is 29.2 Å². The summed E-state index contributed by atoms with van der Waals surface area (Å²) in [5, 5.41) is 9.20. The number of alkyl halides is 3. The van der Waals surface area contributed by atoms with Gasteiger partial charge in [0.2, 0.25) is 5.91 Å². The number of nitrogens with zero attached hydrogens (tertiary/aromatic N) is 2. The average molecular weight is 570 g/mol. The van der Waals surface area contributed by atoms with Gasteiger partial charge in [0, 0.05) is 50.8 Å². The molecule has 1 atom stereocenters. The van der Waals surface area contributed by atoms with Crippen LogP contribution in [-0.4, -0.2) is 68.2 Å². The normalized spacial score (nSPS) is 18.9. The maximum Gasteiger partial charge on any atom is 0.390 e. The number of benzene rings is 2. The molecule has 0 bridgehead atoms. The minimum atomic E-state index is -4.20. The smallest absolute Gasteiger partial charge is 0.367 e. The van der Waals surface area contributed by atoms with E-state index in [0.29, 0.717) is 61.1 Å². The van der Waals surface area contributed by atoms with E-state index >= 15 is 0 Å². The fraction of sp³-hybridized carbons (Fsp3) is 0.481. The number of carbonyl (C=O) groups is 2. The number of hydrogen-bond donors (Lipinski definition) is 3. The monoisotopic (exact) mass is 569 g/mol. The Morgan fingerprint density at radius 2 is 1.85 bits per heavy atom. The fourth-order valence-corrected chi connectivity index (χ4v) is 4.95. The molecule has 2 amide bonds. The minimum absolute atomic E-state index is 0.0604. The Hall–Kier alpha value is -2.89. The summed E-state index contributed by atoms with van der Waals surface area (Å²) in [7, 11) is 0. The molecule has 39 heavy (non-hydrogen) atoms. The van der Waals surface area contributed by atoms with Gasteiger partial charge in [-0.25, -0.2) is 4.39 Å². The Morgan fingerprint density at radius 3 is 2.56 bits per heavy atom. The highest BCUT2D eigenvalue weighted by atomic mass is 35.5. The molecule has 0 spiro atoms. The van der Waals surface area contributed by atoms with Gasteiger partial charge in [-0.15, -0.1) is 0 Å². The molecule has 2 aromatic rings. The van der Waals surface area contributed by atoms with Gasteiger partial charge in [-0.2, -0.15) is 13.2 Å². The van der Waals surface area contributed by atoms with Crippen molar-refractivity contribution in [2.75, 3.05) is 49.5 Å². The molecule has 2 aliphatic heterocycles. The number of carbonyl (C=O) groups excluding carboxylic acids is 2. The lowest BCUT2D eigenvalue weighted by molar-refractivity contribution is -0.138. The van der Waals surface area contributed by atoms with Crippen molar-refractivity contribution in [1.29, 1.82) is 0 Å². The van der Waals surface area contributed by atoms with Crippen molar-refractivity contribution in [3.8, 4) is 0 Å². The van der Waals surface area contributed by atoms with Crippen LogP contribution >= 0.6 is 11.6 Å². The van der Waals surface area contributed by atoms with Gasteiger partial charge < -0.3 is 20.9 Å². The highest BCUT2D eigenvalue weighted by Gasteiger charge is 2.29. The van der Waals surface area contributed by atoms with E-state index in [4.69, 9.17) is 11.6 Å². The topological polar surface area (TPSA) is 76.7 Å². The zero-order valence-corrected chi connectivity index (χ0v) is 22.2. The summed E-state index contributed by atoms with van der Waals surface area (Å²) < 4.78 is 52.6. The Kier molecular flexibility index (Phi) is 9.68. The van der Waals surface area contributed by atoms with E-state index in [0.717, 1.165) is 12.8 Å². The van der Waals surface area contributed by atoms with Crippen LogP contribution in [0.2, 0.25) is 5.02 Å². The summed E-state index contributed by atoms with van der Waals surface area (Å²) in [5.74, 6) is -1.39. The zero-order chi connectivity index (χ0) is 28.0. The van der Waals surface area contributed by atoms with Crippen LogP contribution in [-0.2, 0) is 11.3 Å². The van der Waals surface area contributed by atoms with Crippen LogP contribution in [0.3, 0.4) is 0 Å². The van der Waals surface area contributed by atoms with Crippen LogP contribution in [0, 0.1) is 5.82 Å². The molecule has 212 valence electrons. The highest BCUT2D eigenvalue weighted by Crippen LogP contribution is 2.31.